The average Bonchev–Trinajstić information content (AvgIpc) is 2.39. The summed E-state index contributed by atoms with van der Waals surface area (Å²) in [5.74, 6) is -1.23. The molecule has 0 bridgehead atoms. The van der Waals surface area contributed by atoms with E-state index in [1.165, 1.54) is 13.8 Å². The molecule has 0 amide bonds. The van der Waals surface area contributed by atoms with Crippen LogP contribution in [0.25, 0.3) is 0 Å². The summed E-state index contributed by atoms with van der Waals surface area (Å²) in [6.07, 6.45) is 0.785. The van der Waals surface area contributed by atoms with Gasteiger partial charge in [-0.25, -0.2) is 9.59 Å². The molecule has 0 saturated carbocycles. The first-order valence-corrected chi connectivity index (χ1v) is 5.92. The van der Waals surface area contributed by atoms with Crippen LogP contribution in [0.4, 0.5) is 0 Å². The molecule has 0 aliphatic rings. The van der Waals surface area contributed by atoms with Gasteiger partial charge < -0.3 is 19.7 Å². The van der Waals surface area contributed by atoms with E-state index in [-0.39, 0.29) is 31.0 Å². The molecule has 6 heteroatoms. The first kappa shape index (κ1) is 17.3. The number of rotatable bonds is 8. The van der Waals surface area contributed by atoms with Gasteiger partial charge in [-0.15, -0.1) is 0 Å². The van der Waals surface area contributed by atoms with Crippen molar-refractivity contribution in [2.75, 3.05) is 13.2 Å². The maximum absolute atomic E-state index is 11.7. The van der Waals surface area contributed by atoms with Crippen molar-refractivity contribution in [1.29, 1.82) is 0 Å². The Balaban J connectivity index is 4.82. The molecule has 0 saturated heterocycles. The van der Waals surface area contributed by atoms with Crippen LogP contribution < -0.4 is 0 Å². The molecular formula is C13H20O6. The second-order valence-corrected chi connectivity index (χ2v) is 3.95. The second-order valence-electron chi connectivity index (χ2n) is 3.95. The molecule has 0 aromatic carbocycles. The first-order chi connectivity index (χ1) is 8.92. The van der Waals surface area contributed by atoms with E-state index in [0.29, 0.717) is 6.42 Å². The lowest BCUT2D eigenvalue weighted by Crippen LogP contribution is -2.17. The predicted molar refractivity (Wildman–Crippen MR) is 67.9 cm³/mol. The van der Waals surface area contributed by atoms with E-state index in [1.54, 1.807) is 0 Å². The molecule has 6 nitrogen and oxygen atoms in total. The zero-order valence-electron chi connectivity index (χ0n) is 11.2. The highest BCUT2D eigenvalue weighted by molar-refractivity contribution is 5.89. The largest absolute Gasteiger partial charge is 0.460 e. The highest BCUT2D eigenvalue weighted by atomic mass is 16.6. The predicted octanol–water partition coefficient (Wildman–Crippen LogP) is 0.686. The topological polar surface area (TPSA) is 93.1 Å². The molecule has 0 aliphatic carbocycles. The van der Waals surface area contributed by atoms with E-state index in [2.05, 4.69) is 6.58 Å². The van der Waals surface area contributed by atoms with Gasteiger partial charge in [-0.3, -0.25) is 0 Å². The van der Waals surface area contributed by atoms with Crippen LogP contribution in [0.1, 0.15) is 26.7 Å². The lowest BCUT2D eigenvalue weighted by atomic mass is 10.2. The maximum atomic E-state index is 11.7. The van der Waals surface area contributed by atoms with Gasteiger partial charge in [0.25, 0.3) is 0 Å². The van der Waals surface area contributed by atoms with Crippen LogP contribution in [-0.2, 0) is 19.1 Å². The molecule has 0 aromatic rings. The number of aliphatic hydroxyl groups is 2. The molecule has 0 aliphatic heterocycles. The Labute approximate surface area is 112 Å². The summed E-state index contributed by atoms with van der Waals surface area (Å²) in [4.78, 5) is 22.8. The third-order valence-electron chi connectivity index (χ3n) is 2.13. The smallest absolute Gasteiger partial charge is 0.337 e. The van der Waals surface area contributed by atoms with E-state index in [4.69, 9.17) is 19.7 Å². The van der Waals surface area contributed by atoms with Gasteiger partial charge in [-0.2, -0.15) is 0 Å². The van der Waals surface area contributed by atoms with Crippen LogP contribution in [0.2, 0.25) is 0 Å². The van der Waals surface area contributed by atoms with Crippen LogP contribution in [0.5, 0.6) is 0 Å². The maximum Gasteiger partial charge on any atom is 0.337 e. The minimum absolute atomic E-state index is 0.0921. The third-order valence-corrected chi connectivity index (χ3v) is 2.13. The van der Waals surface area contributed by atoms with Crippen molar-refractivity contribution in [3.05, 3.63) is 24.0 Å². The second kappa shape index (κ2) is 9.29. The summed E-state index contributed by atoms with van der Waals surface area (Å²) < 4.78 is 9.75. The van der Waals surface area contributed by atoms with Gasteiger partial charge in [0, 0.05) is 19.1 Å². The number of allylic oxidation sites excluding steroid dienone is 1. The summed E-state index contributed by atoms with van der Waals surface area (Å²) >= 11 is 0. The molecular weight excluding hydrogens is 252 g/mol. The lowest BCUT2D eigenvalue weighted by molar-refractivity contribution is -0.142. The Morgan fingerprint density at radius 1 is 1.42 bits per heavy atom. The molecule has 0 rings (SSSR count). The summed E-state index contributed by atoms with van der Waals surface area (Å²) in [5.41, 5.74) is 0.129. The Bertz CT molecular complexity index is 356. The van der Waals surface area contributed by atoms with Gasteiger partial charge in [0.2, 0.25) is 0 Å². The van der Waals surface area contributed by atoms with Crippen LogP contribution in [0.15, 0.2) is 24.0 Å². The molecule has 1 atom stereocenters. The fourth-order valence-electron chi connectivity index (χ4n) is 1.14. The number of hydrogen-bond donors (Lipinski definition) is 2. The van der Waals surface area contributed by atoms with Gasteiger partial charge in [-0.1, -0.05) is 6.58 Å². The van der Waals surface area contributed by atoms with Gasteiger partial charge in [0.05, 0.1) is 11.7 Å². The zero-order chi connectivity index (χ0) is 14.8. The van der Waals surface area contributed by atoms with Crippen molar-refractivity contribution in [2.24, 2.45) is 0 Å². The van der Waals surface area contributed by atoms with Gasteiger partial charge in [0.15, 0.2) is 0 Å². The monoisotopic (exact) mass is 272 g/mol. The quantitative estimate of drug-likeness (QED) is 0.383. The Hall–Kier alpha value is -1.66. The number of carbonyl (C=O) groups is 2. The molecule has 0 spiro atoms. The Morgan fingerprint density at radius 3 is 2.53 bits per heavy atom. The van der Waals surface area contributed by atoms with Crippen LogP contribution in [0.3, 0.4) is 0 Å². The van der Waals surface area contributed by atoms with Crippen molar-refractivity contribution in [2.45, 2.75) is 32.8 Å². The molecule has 0 heterocycles. The van der Waals surface area contributed by atoms with E-state index >= 15 is 0 Å². The van der Waals surface area contributed by atoms with E-state index < -0.39 is 18.0 Å². The van der Waals surface area contributed by atoms with E-state index in [0.717, 1.165) is 6.08 Å². The van der Waals surface area contributed by atoms with Crippen molar-refractivity contribution in [1.82, 2.24) is 0 Å². The van der Waals surface area contributed by atoms with Crippen molar-refractivity contribution < 1.29 is 29.3 Å². The SMILES string of the molecule is C=CC(=O)OC(CCCO)=C(C)C(=O)OCC(C)O. The molecule has 108 valence electrons. The number of carbonyl (C=O) groups excluding carboxylic acids is 2. The Morgan fingerprint density at radius 2 is 2.05 bits per heavy atom. The number of aliphatic hydroxyl groups excluding tert-OH is 2. The van der Waals surface area contributed by atoms with E-state index in [9.17, 15) is 9.59 Å². The van der Waals surface area contributed by atoms with Gasteiger partial charge in [-0.05, 0) is 20.3 Å². The van der Waals surface area contributed by atoms with Crippen molar-refractivity contribution in [3.8, 4) is 0 Å². The minimum atomic E-state index is -0.770. The van der Waals surface area contributed by atoms with Crippen molar-refractivity contribution >= 4 is 11.9 Å². The molecule has 0 aromatic heterocycles. The Kier molecular flexibility index (Phi) is 8.48. The average molecular weight is 272 g/mol. The normalized spacial score (nSPS) is 13.3. The number of hydrogen-bond acceptors (Lipinski definition) is 6. The van der Waals surface area contributed by atoms with Gasteiger partial charge >= 0.3 is 11.9 Å². The molecule has 0 radical (unpaired) electrons. The number of esters is 2. The summed E-state index contributed by atoms with van der Waals surface area (Å²) in [6, 6.07) is 0. The molecule has 2 N–H and O–H groups in total. The van der Waals surface area contributed by atoms with Crippen LogP contribution in [0, 0.1) is 0 Å². The first-order valence-electron chi connectivity index (χ1n) is 5.92. The fraction of sp³-hybridized carbons (Fsp3) is 0.538. The summed E-state index contributed by atoms with van der Waals surface area (Å²) in [6.45, 7) is 5.96. The van der Waals surface area contributed by atoms with Gasteiger partial charge in [0.1, 0.15) is 12.4 Å². The standard InChI is InChI=1S/C13H20O6/c1-4-12(16)19-11(6-5-7-14)10(3)13(17)18-8-9(2)15/h4,9,14-15H,1,5-8H2,2-3H3. The lowest BCUT2D eigenvalue weighted by Gasteiger charge is -2.12. The minimum Gasteiger partial charge on any atom is -0.460 e. The molecule has 19 heavy (non-hydrogen) atoms. The summed E-state index contributed by atoms with van der Waals surface area (Å²) in [7, 11) is 0. The highest BCUT2D eigenvalue weighted by Gasteiger charge is 2.16. The van der Waals surface area contributed by atoms with Crippen LogP contribution in [-0.4, -0.2) is 41.5 Å². The zero-order valence-corrected chi connectivity index (χ0v) is 11.2. The third kappa shape index (κ3) is 7.38. The fourth-order valence-corrected chi connectivity index (χ4v) is 1.14. The van der Waals surface area contributed by atoms with E-state index in [1.807, 2.05) is 0 Å². The van der Waals surface area contributed by atoms with Crippen LogP contribution >= 0.6 is 0 Å². The molecule has 0 fully saturated rings. The highest BCUT2D eigenvalue weighted by Crippen LogP contribution is 2.15. The summed E-state index contributed by atoms with van der Waals surface area (Å²) in [5, 5.41) is 17.8. The molecule has 1 unspecified atom stereocenters. The van der Waals surface area contributed by atoms with Crippen molar-refractivity contribution in [3.63, 3.8) is 0 Å². The number of ether oxygens (including phenoxy) is 2.